The first-order valence-electron chi connectivity index (χ1n) is 8.12. The maximum absolute atomic E-state index is 9.17. The van der Waals surface area contributed by atoms with Crippen LogP contribution in [0.4, 0.5) is 11.6 Å². The molecule has 6 heteroatoms. The molecule has 0 amide bonds. The average Bonchev–Trinajstić information content (AvgIpc) is 3.23. The van der Waals surface area contributed by atoms with Crippen molar-refractivity contribution in [2.75, 3.05) is 5.32 Å². The molecular weight excluding hydrogens is 344 g/mol. The highest BCUT2D eigenvalue weighted by molar-refractivity contribution is 7.13. The topological polar surface area (TPSA) is 70.9 Å². The number of hydrogen-bond acceptors (Lipinski definition) is 6. The molecule has 0 spiro atoms. The zero-order chi connectivity index (χ0) is 17.8. The molecule has 0 saturated heterocycles. The Balaban J connectivity index is 1.58. The van der Waals surface area contributed by atoms with Crippen LogP contribution in [0, 0.1) is 0 Å². The number of anilines is 2. The Bertz CT molecular complexity index is 1000. The number of nitrogens with zero attached hydrogens (tertiary/aromatic N) is 3. The maximum Gasteiger partial charge on any atom is 0.227 e. The van der Waals surface area contributed by atoms with Crippen LogP contribution in [0.5, 0.6) is 0 Å². The van der Waals surface area contributed by atoms with E-state index in [2.05, 4.69) is 20.3 Å². The van der Waals surface area contributed by atoms with Gasteiger partial charge in [-0.25, -0.2) is 15.0 Å². The van der Waals surface area contributed by atoms with Gasteiger partial charge in [0.25, 0.3) is 0 Å². The molecule has 0 bridgehead atoms. The van der Waals surface area contributed by atoms with Crippen molar-refractivity contribution in [2.24, 2.45) is 0 Å². The maximum atomic E-state index is 9.17. The van der Waals surface area contributed by atoms with E-state index < -0.39 is 0 Å². The third-order valence-corrected chi connectivity index (χ3v) is 4.69. The van der Waals surface area contributed by atoms with Gasteiger partial charge < -0.3 is 10.4 Å². The van der Waals surface area contributed by atoms with Gasteiger partial charge in [0.1, 0.15) is 10.7 Å². The standard InChI is InChI=1S/C20H16N4OS/c25-13-14-4-6-15(7-5-14)16-2-1-3-17(12-16)23-20-22-9-8-18(24-20)19-21-10-11-26-19/h1-12,25H,13H2,(H,22,23,24). The predicted octanol–water partition coefficient (Wildman–Crippen LogP) is 4.50. The van der Waals surface area contributed by atoms with E-state index in [4.69, 9.17) is 0 Å². The summed E-state index contributed by atoms with van der Waals surface area (Å²) in [4.78, 5) is 13.1. The van der Waals surface area contributed by atoms with Crippen LogP contribution in [-0.2, 0) is 6.61 Å². The zero-order valence-corrected chi connectivity index (χ0v) is 14.6. The summed E-state index contributed by atoms with van der Waals surface area (Å²) in [7, 11) is 0. The van der Waals surface area contributed by atoms with Gasteiger partial charge in [-0.2, -0.15) is 0 Å². The summed E-state index contributed by atoms with van der Waals surface area (Å²) in [6.45, 7) is 0.0502. The van der Waals surface area contributed by atoms with Gasteiger partial charge in [-0.1, -0.05) is 36.4 Å². The molecule has 2 heterocycles. The number of hydrogen-bond donors (Lipinski definition) is 2. The van der Waals surface area contributed by atoms with E-state index in [1.54, 1.807) is 23.7 Å². The zero-order valence-electron chi connectivity index (χ0n) is 13.8. The highest BCUT2D eigenvalue weighted by atomic mass is 32.1. The quantitative estimate of drug-likeness (QED) is 0.548. The molecule has 0 atom stereocenters. The molecule has 0 aliphatic heterocycles. The molecule has 4 rings (SSSR count). The lowest BCUT2D eigenvalue weighted by molar-refractivity contribution is 0.282. The Morgan fingerprint density at radius 2 is 1.81 bits per heavy atom. The van der Waals surface area contributed by atoms with Crippen molar-refractivity contribution in [3.63, 3.8) is 0 Å². The van der Waals surface area contributed by atoms with Gasteiger partial charge in [0.15, 0.2) is 0 Å². The van der Waals surface area contributed by atoms with Crippen molar-refractivity contribution in [1.82, 2.24) is 15.0 Å². The van der Waals surface area contributed by atoms with Crippen LogP contribution in [0.15, 0.2) is 72.4 Å². The van der Waals surface area contributed by atoms with E-state index in [1.165, 1.54) is 0 Å². The van der Waals surface area contributed by atoms with Crippen molar-refractivity contribution < 1.29 is 5.11 Å². The van der Waals surface area contributed by atoms with E-state index in [1.807, 2.05) is 60.0 Å². The van der Waals surface area contributed by atoms with Gasteiger partial charge in [-0.3, -0.25) is 0 Å². The van der Waals surface area contributed by atoms with E-state index in [0.29, 0.717) is 5.95 Å². The molecule has 0 unspecified atom stereocenters. The van der Waals surface area contributed by atoms with Crippen LogP contribution in [0.1, 0.15) is 5.56 Å². The Morgan fingerprint density at radius 3 is 2.58 bits per heavy atom. The number of aliphatic hydroxyl groups excluding tert-OH is 1. The SMILES string of the molecule is OCc1ccc(-c2cccc(Nc3nccc(-c4nccs4)n3)c2)cc1. The fourth-order valence-corrected chi connectivity index (χ4v) is 3.20. The van der Waals surface area contributed by atoms with Gasteiger partial charge in [0, 0.05) is 23.5 Å². The second kappa shape index (κ2) is 7.43. The van der Waals surface area contributed by atoms with E-state index in [-0.39, 0.29) is 6.61 Å². The number of benzene rings is 2. The average molecular weight is 360 g/mol. The number of rotatable bonds is 5. The molecule has 0 fully saturated rings. The lowest BCUT2D eigenvalue weighted by atomic mass is 10.0. The van der Waals surface area contributed by atoms with Gasteiger partial charge in [-0.15, -0.1) is 11.3 Å². The first-order valence-corrected chi connectivity index (χ1v) is 9.00. The number of thiazole rings is 1. The summed E-state index contributed by atoms with van der Waals surface area (Å²) in [6.07, 6.45) is 3.49. The van der Waals surface area contributed by atoms with Gasteiger partial charge >= 0.3 is 0 Å². The third kappa shape index (κ3) is 3.61. The lowest BCUT2D eigenvalue weighted by Crippen LogP contribution is -1.98. The number of aromatic nitrogens is 3. The van der Waals surface area contributed by atoms with Gasteiger partial charge in [0.2, 0.25) is 5.95 Å². The first-order chi connectivity index (χ1) is 12.8. The molecule has 0 aliphatic rings. The second-order valence-corrected chi connectivity index (χ2v) is 6.56. The normalized spacial score (nSPS) is 10.7. The molecule has 2 N–H and O–H groups in total. The monoisotopic (exact) mass is 360 g/mol. The molecule has 0 aliphatic carbocycles. The number of aliphatic hydroxyl groups is 1. The van der Waals surface area contributed by atoms with Gasteiger partial charge in [-0.05, 0) is 34.9 Å². The minimum atomic E-state index is 0.0502. The summed E-state index contributed by atoms with van der Waals surface area (Å²) in [5, 5.41) is 15.2. The highest BCUT2D eigenvalue weighted by Crippen LogP contribution is 2.25. The van der Waals surface area contributed by atoms with E-state index in [0.717, 1.165) is 33.1 Å². The van der Waals surface area contributed by atoms with Crippen molar-refractivity contribution in [3.8, 4) is 21.8 Å². The molecule has 0 radical (unpaired) electrons. The molecule has 26 heavy (non-hydrogen) atoms. The second-order valence-electron chi connectivity index (χ2n) is 5.66. The summed E-state index contributed by atoms with van der Waals surface area (Å²) in [5.41, 5.74) is 4.77. The minimum absolute atomic E-state index is 0.0502. The van der Waals surface area contributed by atoms with E-state index in [9.17, 15) is 5.11 Å². The summed E-state index contributed by atoms with van der Waals surface area (Å²) in [6, 6.07) is 17.8. The number of nitrogens with one attached hydrogen (secondary N) is 1. The predicted molar refractivity (Wildman–Crippen MR) is 104 cm³/mol. The molecule has 4 aromatic rings. The Hall–Kier alpha value is -3.09. The van der Waals surface area contributed by atoms with Crippen LogP contribution in [0.3, 0.4) is 0 Å². The van der Waals surface area contributed by atoms with Crippen molar-refractivity contribution in [1.29, 1.82) is 0 Å². The Morgan fingerprint density at radius 1 is 0.923 bits per heavy atom. The van der Waals surface area contributed by atoms with Crippen LogP contribution in [0.25, 0.3) is 21.8 Å². The summed E-state index contributed by atoms with van der Waals surface area (Å²) >= 11 is 1.55. The molecule has 128 valence electrons. The molecule has 0 saturated carbocycles. The van der Waals surface area contributed by atoms with Crippen molar-refractivity contribution >= 4 is 23.0 Å². The molecule has 5 nitrogen and oxygen atoms in total. The highest BCUT2D eigenvalue weighted by Gasteiger charge is 2.06. The smallest absolute Gasteiger partial charge is 0.227 e. The fourth-order valence-electron chi connectivity index (χ4n) is 2.60. The van der Waals surface area contributed by atoms with Crippen LogP contribution in [0.2, 0.25) is 0 Å². The largest absolute Gasteiger partial charge is 0.392 e. The van der Waals surface area contributed by atoms with Gasteiger partial charge in [0.05, 0.1) is 6.61 Å². The van der Waals surface area contributed by atoms with Crippen molar-refractivity contribution in [2.45, 2.75) is 6.61 Å². The Labute approximate surface area is 155 Å². The van der Waals surface area contributed by atoms with Crippen LogP contribution >= 0.6 is 11.3 Å². The summed E-state index contributed by atoms with van der Waals surface area (Å²) < 4.78 is 0. The first kappa shape index (κ1) is 16.4. The van der Waals surface area contributed by atoms with Crippen LogP contribution in [-0.4, -0.2) is 20.1 Å². The van der Waals surface area contributed by atoms with Crippen LogP contribution < -0.4 is 5.32 Å². The summed E-state index contributed by atoms with van der Waals surface area (Å²) in [5.74, 6) is 0.533. The molecule has 2 aromatic heterocycles. The molecular formula is C20H16N4OS. The van der Waals surface area contributed by atoms with E-state index >= 15 is 0 Å². The molecule has 2 aromatic carbocycles. The van der Waals surface area contributed by atoms with Crippen molar-refractivity contribution in [3.05, 3.63) is 77.9 Å². The third-order valence-electron chi connectivity index (χ3n) is 3.90. The fraction of sp³-hybridized carbons (Fsp3) is 0.0500. The minimum Gasteiger partial charge on any atom is -0.392 e. The Kier molecular flexibility index (Phi) is 4.68. The lowest BCUT2D eigenvalue weighted by Gasteiger charge is -2.08.